The van der Waals surface area contributed by atoms with E-state index in [2.05, 4.69) is 4.90 Å². The fourth-order valence-electron chi connectivity index (χ4n) is 3.69. The lowest BCUT2D eigenvalue weighted by molar-refractivity contribution is -0.141. The second-order valence-electron chi connectivity index (χ2n) is 6.90. The lowest BCUT2D eigenvalue weighted by Gasteiger charge is -2.45. The number of hydrogen-bond acceptors (Lipinski definition) is 4. The topological polar surface area (TPSA) is 57.0 Å². The Balaban J connectivity index is 1.63. The van der Waals surface area contributed by atoms with Gasteiger partial charge in [-0.25, -0.2) is 0 Å². The molecule has 0 N–H and O–H groups in total. The SMILES string of the molecule is CN(C)C(=O)CN1C(=O)CCC12CCN(Cc1ccoc1)CC2. The second kappa shape index (κ2) is 6.35. The Morgan fingerprint density at radius 2 is 2.04 bits per heavy atom. The third kappa shape index (κ3) is 3.27. The number of rotatable bonds is 4. The van der Waals surface area contributed by atoms with E-state index in [1.54, 1.807) is 31.5 Å². The van der Waals surface area contributed by atoms with Crippen LogP contribution < -0.4 is 0 Å². The quantitative estimate of drug-likeness (QED) is 0.840. The number of furan rings is 1. The summed E-state index contributed by atoms with van der Waals surface area (Å²) in [4.78, 5) is 30.1. The van der Waals surface area contributed by atoms with Crippen LogP contribution in [-0.2, 0) is 16.1 Å². The Morgan fingerprint density at radius 3 is 2.65 bits per heavy atom. The Morgan fingerprint density at radius 1 is 1.30 bits per heavy atom. The van der Waals surface area contributed by atoms with Crippen molar-refractivity contribution in [2.24, 2.45) is 0 Å². The van der Waals surface area contributed by atoms with E-state index >= 15 is 0 Å². The van der Waals surface area contributed by atoms with Crippen molar-refractivity contribution in [1.82, 2.24) is 14.7 Å². The van der Waals surface area contributed by atoms with Crippen molar-refractivity contribution in [3.63, 3.8) is 0 Å². The minimum absolute atomic E-state index is 0.000418. The van der Waals surface area contributed by atoms with Crippen LogP contribution >= 0.6 is 0 Å². The second-order valence-corrected chi connectivity index (χ2v) is 6.90. The molecule has 0 unspecified atom stereocenters. The summed E-state index contributed by atoms with van der Waals surface area (Å²) < 4.78 is 5.12. The highest BCUT2D eigenvalue weighted by Gasteiger charge is 2.47. The molecule has 0 saturated carbocycles. The minimum Gasteiger partial charge on any atom is -0.472 e. The molecule has 6 heteroatoms. The highest BCUT2D eigenvalue weighted by molar-refractivity contribution is 5.86. The zero-order chi connectivity index (χ0) is 16.4. The average molecular weight is 319 g/mol. The van der Waals surface area contributed by atoms with Crippen molar-refractivity contribution in [1.29, 1.82) is 0 Å². The lowest BCUT2D eigenvalue weighted by Crippen LogP contribution is -2.55. The van der Waals surface area contributed by atoms with E-state index < -0.39 is 0 Å². The number of hydrogen-bond donors (Lipinski definition) is 0. The van der Waals surface area contributed by atoms with Crippen LogP contribution in [0.5, 0.6) is 0 Å². The average Bonchev–Trinajstić information content (AvgIpc) is 3.13. The first kappa shape index (κ1) is 16.1. The van der Waals surface area contributed by atoms with Crippen LogP contribution in [0.15, 0.2) is 23.0 Å². The maximum absolute atomic E-state index is 12.3. The normalized spacial score (nSPS) is 21.1. The molecule has 2 fully saturated rings. The smallest absolute Gasteiger partial charge is 0.241 e. The number of carbonyl (C=O) groups is 2. The van der Waals surface area contributed by atoms with Crippen molar-refractivity contribution in [3.05, 3.63) is 24.2 Å². The summed E-state index contributed by atoms with van der Waals surface area (Å²) in [6, 6.07) is 1.99. The molecule has 2 saturated heterocycles. The Hall–Kier alpha value is -1.82. The molecule has 23 heavy (non-hydrogen) atoms. The van der Waals surface area contributed by atoms with Gasteiger partial charge in [-0.05, 0) is 25.3 Å². The molecule has 0 bridgehead atoms. The highest BCUT2D eigenvalue weighted by atomic mass is 16.3. The summed E-state index contributed by atoms with van der Waals surface area (Å²) >= 11 is 0. The van der Waals surface area contributed by atoms with E-state index in [-0.39, 0.29) is 23.9 Å². The first-order valence-corrected chi connectivity index (χ1v) is 8.24. The highest BCUT2D eigenvalue weighted by Crippen LogP contribution is 2.39. The van der Waals surface area contributed by atoms with Crippen LogP contribution in [0.2, 0.25) is 0 Å². The van der Waals surface area contributed by atoms with Gasteiger partial charge < -0.3 is 14.2 Å². The molecule has 2 aliphatic rings. The molecule has 2 amide bonds. The van der Waals surface area contributed by atoms with Crippen LogP contribution in [0.25, 0.3) is 0 Å². The van der Waals surface area contributed by atoms with Crippen molar-refractivity contribution in [3.8, 4) is 0 Å². The molecule has 1 aromatic rings. The van der Waals surface area contributed by atoms with E-state index in [0.717, 1.165) is 38.9 Å². The Kier molecular flexibility index (Phi) is 4.43. The van der Waals surface area contributed by atoms with Gasteiger partial charge in [0.15, 0.2) is 0 Å². The van der Waals surface area contributed by atoms with Gasteiger partial charge in [0, 0.05) is 51.3 Å². The predicted octanol–water partition coefficient (Wildman–Crippen LogP) is 1.32. The monoisotopic (exact) mass is 319 g/mol. The summed E-state index contributed by atoms with van der Waals surface area (Å²) in [6.07, 6.45) is 6.82. The minimum atomic E-state index is -0.115. The van der Waals surface area contributed by atoms with Crippen LogP contribution in [0.1, 0.15) is 31.2 Å². The zero-order valence-electron chi connectivity index (χ0n) is 14.0. The van der Waals surface area contributed by atoms with E-state index in [1.807, 2.05) is 11.0 Å². The maximum Gasteiger partial charge on any atom is 0.241 e. The summed E-state index contributed by atoms with van der Waals surface area (Å²) in [5.41, 5.74) is 1.07. The van der Waals surface area contributed by atoms with E-state index in [1.165, 1.54) is 5.56 Å². The molecule has 3 heterocycles. The van der Waals surface area contributed by atoms with Crippen molar-refractivity contribution >= 4 is 11.8 Å². The van der Waals surface area contributed by atoms with Gasteiger partial charge in [-0.2, -0.15) is 0 Å². The molecule has 2 aliphatic heterocycles. The third-order valence-corrected chi connectivity index (χ3v) is 5.24. The fourth-order valence-corrected chi connectivity index (χ4v) is 3.69. The molecule has 0 aliphatic carbocycles. The molecule has 0 atom stereocenters. The van der Waals surface area contributed by atoms with Crippen LogP contribution in [0, 0.1) is 0 Å². The molecular formula is C17H25N3O3. The van der Waals surface area contributed by atoms with E-state index in [4.69, 9.17) is 4.42 Å². The third-order valence-electron chi connectivity index (χ3n) is 5.24. The van der Waals surface area contributed by atoms with Gasteiger partial charge in [0.1, 0.15) is 6.54 Å². The van der Waals surface area contributed by atoms with Crippen LogP contribution in [-0.4, -0.2) is 65.8 Å². The van der Waals surface area contributed by atoms with Crippen LogP contribution in [0.4, 0.5) is 0 Å². The van der Waals surface area contributed by atoms with Gasteiger partial charge in [0.25, 0.3) is 0 Å². The number of likely N-dealkylation sites (N-methyl/N-ethyl adjacent to an activating group) is 1. The Bertz CT molecular complexity index is 560. The molecule has 0 radical (unpaired) electrons. The molecule has 6 nitrogen and oxygen atoms in total. The first-order valence-electron chi connectivity index (χ1n) is 8.24. The van der Waals surface area contributed by atoms with E-state index in [9.17, 15) is 9.59 Å². The van der Waals surface area contributed by atoms with Gasteiger partial charge in [-0.3, -0.25) is 14.5 Å². The lowest BCUT2D eigenvalue weighted by atomic mass is 9.85. The number of carbonyl (C=O) groups excluding carboxylic acids is 2. The van der Waals surface area contributed by atoms with E-state index in [0.29, 0.717) is 6.42 Å². The first-order chi connectivity index (χ1) is 11.0. The summed E-state index contributed by atoms with van der Waals surface area (Å²) in [5, 5.41) is 0. The molecule has 1 aromatic heterocycles. The summed E-state index contributed by atoms with van der Waals surface area (Å²) in [7, 11) is 3.48. The molecular weight excluding hydrogens is 294 g/mol. The standard InChI is InChI=1S/C17H25N3O3/c1-18(2)16(22)12-20-15(21)3-5-17(20)6-8-19(9-7-17)11-14-4-10-23-13-14/h4,10,13H,3,5-9,11-12H2,1-2H3. The van der Waals surface area contributed by atoms with Gasteiger partial charge >= 0.3 is 0 Å². The Labute approximate surface area is 137 Å². The number of amides is 2. The summed E-state index contributed by atoms with van der Waals surface area (Å²) in [6.45, 7) is 3.00. The number of likely N-dealkylation sites (tertiary alicyclic amines) is 2. The van der Waals surface area contributed by atoms with Gasteiger partial charge in [0.2, 0.25) is 11.8 Å². The molecule has 0 aromatic carbocycles. The van der Waals surface area contributed by atoms with Crippen molar-refractivity contribution in [2.75, 3.05) is 33.7 Å². The number of nitrogens with zero attached hydrogens (tertiary/aromatic N) is 3. The van der Waals surface area contributed by atoms with Gasteiger partial charge in [-0.1, -0.05) is 0 Å². The molecule has 126 valence electrons. The van der Waals surface area contributed by atoms with Crippen LogP contribution in [0.3, 0.4) is 0 Å². The van der Waals surface area contributed by atoms with Crippen molar-refractivity contribution in [2.45, 2.75) is 37.8 Å². The molecule has 1 spiro atoms. The maximum atomic E-state index is 12.3. The largest absolute Gasteiger partial charge is 0.472 e. The van der Waals surface area contributed by atoms with Gasteiger partial charge in [-0.15, -0.1) is 0 Å². The number of piperidine rings is 1. The summed E-state index contributed by atoms with van der Waals surface area (Å²) in [5.74, 6) is 0.129. The predicted molar refractivity (Wildman–Crippen MR) is 85.6 cm³/mol. The molecule has 3 rings (SSSR count). The van der Waals surface area contributed by atoms with Gasteiger partial charge in [0.05, 0.1) is 12.5 Å². The fraction of sp³-hybridized carbons (Fsp3) is 0.647. The zero-order valence-corrected chi connectivity index (χ0v) is 14.0. The van der Waals surface area contributed by atoms with Crippen molar-refractivity contribution < 1.29 is 14.0 Å².